The molecule has 0 aromatic heterocycles. The predicted molar refractivity (Wildman–Crippen MR) is 82.0 cm³/mol. The summed E-state index contributed by atoms with van der Waals surface area (Å²) in [5, 5.41) is 0.218. The van der Waals surface area contributed by atoms with Crippen LogP contribution < -0.4 is 4.74 Å². The van der Waals surface area contributed by atoms with Crippen molar-refractivity contribution in [3.63, 3.8) is 0 Å². The number of methoxy groups -OCH3 is 1. The lowest BCUT2D eigenvalue weighted by atomic mass is 9.74. The zero-order valence-electron chi connectivity index (χ0n) is 12.5. The van der Waals surface area contributed by atoms with E-state index < -0.39 is 0 Å². The average molecular weight is 299 g/mol. The first-order valence-corrected chi connectivity index (χ1v) is 7.91. The fraction of sp³-hybridized carbons (Fsp3) is 0.647. The smallest absolute Gasteiger partial charge is 0.165 e. The molecule has 1 aromatic rings. The molecule has 112 valence electrons. The summed E-state index contributed by atoms with van der Waals surface area (Å²) < 4.78 is 18.7. The van der Waals surface area contributed by atoms with Gasteiger partial charge in [-0.2, -0.15) is 0 Å². The van der Waals surface area contributed by atoms with E-state index in [1.165, 1.54) is 13.5 Å². The molecule has 1 fully saturated rings. The first-order chi connectivity index (χ1) is 9.51. The Kier molecular flexibility index (Phi) is 5.31. The molecule has 2 rings (SSSR count). The number of alkyl halides is 1. The van der Waals surface area contributed by atoms with Crippen molar-refractivity contribution in [3.05, 3.63) is 29.6 Å². The molecule has 0 heterocycles. The molecule has 1 nitrogen and oxygen atoms in total. The largest absolute Gasteiger partial charge is 0.494 e. The number of ether oxygens (including phenoxy) is 1. The number of rotatable bonds is 4. The molecule has 1 saturated carbocycles. The zero-order valence-corrected chi connectivity index (χ0v) is 13.3. The van der Waals surface area contributed by atoms with Gasteiger partial charge in [0.15, 0.2) is 11.6 Å². The Morgan fingerprint density at radius 1 is 1.35 bits per heavy atom. The predicted octanol–water partition coefficient (Wildman–Crippen LogP) is 5.06. The zero-order chi connectivity index (χ0) is 14.7. The summed E-state index contributed by atoms with van der Waals surface area (Å²) in [4.78, 5) is 0. The number of hydrogen-bond acceptors (Lipinski definition) is 1. The van der Waals surface area contributed by atoms with Crippen LogP contribution in [0.1, 0.15) is 38.7 Å². The van der Waals surface area contributed by atoms with Gasteiger partial charge in [0.2, 0.25) is 0 Å². The van der Waals surface area contributed by atoms with Gasteiger partial charge in [-0.05, 0) is 61.1 Å². The lowest BCUT2D eigenvalue weighted by Gasteiger charge is -2.35. The first-order valence-electron chi connectivity index (χ1n) is 7.47. The quantitative estimate of drug-likeness (QED) is 0.706. The lowest BCUT2D eigenvalue weighted by Crippen LogP contribution is -2.29. The second-order valence-corrected chi connectivity index (χ2v) is 6.83. The van der Waals surface area contributed by atoms with E-state index in [1.54, 1.807) is 12.1 Å². The van der Waals surface area contributed by atoms with Crippen molar-refractivity contribution >= 4 is 11.6 Å². The molecule has 0 spiro atoms. The van der Waals surface area contributed by atoms with Gasteiger partial charge in [-0.15, -0.1) is 11.6 Å². The standard InChI is InChI=1S/C17H24ClFO/c1-11(2)13-5-6-15(18)14(10-13)8-12-4-7-17(20-3)16(19)9-12/h4,7,9,11,13-15H,5-6,8,10H2,1-3H3. The van der Waals surface area contributed by atoms with Crippen LogP contribution in [0.15, 0.2) is 18.2 Å². The van der Waals surface area contributed by atoms with E-state index in [0.717, 1.165) is 30.7 Å². The van der Waals surface area contributed by atoms with Crippen molar-refractivity contribution in [1.82, 2.24) is 0 Å². The van der Waals surface area contributed by atoms with Crippen LogP contribution in [0.2, 0.25) is 0 Å². The van der Waals surface area contributed by atoms with Gasteiger partial charge < -0.3 is 4.74 Å². The van der Waals surface area contributed by atoms with Crippen molar-refractivity contribution < 1.29 is 9.13 Å². The molecule has 0 N–H and O–H groups in total. The van der Waals surface area contributed by atoms with Crippen LogP contribution in [-0.4, -0.2) is 12.5 Å². The molecule has 20 heavy (non-hydrogen) atoms. The van der Waals surface area contributed by atoms with Crippen molar-refractivity contribution in [2.75, 3.05) is 7.11 Å². The van der Waals surface area contributed by atoms with Crippen LogP contribution in [0.3, 0.4) is 0 Å². The highest BCUT2D eigenvalue weighted by Gasteiger charge is 2.30. The van der Waals surface area contributed by atoms with Gasteiger partial charge in [0.1, 0.15) is 0 Å². The fourth-order valence-corrected chi connectivity index (χ4v) is 3.54. The molecule has 0 bridgehead atoms. The van der Waals surface area contributed by atoms with Gasteiger partial charge in [-0.1, -0.05) is 19.9 Å². The maximum atomic E-state index is 13.7. The van der Waals surface area contributed by atoms with Gasteiger partial charge in [-0.3, -0.25) is 0 Å². The molecule has 0 aliphatic heterocycles. The van der Waals surface area contributed by atoms with E-state index in [9.17, 15) is 4.39 Å². The Morgan fingerprint density at radius 3 is 2.70 bits per heavy atom. The maximum absolute atomic E-state index is 13.7. The SMILES string of the molecule is COc1ccc(CC2CC(C(C)C)CCC2Cl)cc1F. The lowest BCUT2D eigenvalue weighted by molar-refractivity contribution is 0.218. The number of hydrogen-bond donors (Lipinski definition) is 0. The normalized spacial score (nSPS) is 26.8. The van der Waals surface area contributed by atoms with Crippen molar-refractivity contribution in [2.24, 2.45) is 17.8 Å². The Morgan fingerprint density at radius 2 is 2.10 bits per heavy atom. The second-order valence-electron chi connectivity index (χ2n) is 6.27. The van der Waals surface area contributed by atoms with Crippen LogP contribution >= 0.6 is 11.6 Å². The minimum absolute atomic E-state index is 0.218. The molecule has 1 aromatic carbocycles. The minimum atomic E-state index is -0.285. The van der Waals surface area contributed by atoms with Crippen LogP contribution in [0, 0.1) is 23.6 Å². The highest BCUT2D eigenvalue weighted by Crippen LogP contribution is 2.38. The number of halogens is 2. The maximum Gasteiger partial charge on any atom is 0.165 e. The second kappa shape index (κ2) is 6.80. The van der Waals surface area contributed by atoms with E-state index in [0.29, 0.717) is 17.6 Å². The Labute approximate surface area is 126 Å². The monoisotopic (exact) mass is 298 g/mol. The summed E-state index contributed by atoms with van der Waals surface area (Å²) in [5.41, 5.74) is 1.02. The highest BCUT2D eigenvalue weighted by atomic mass is 35.5. The molecular formula is C17H24ClFO. The van der Waals surface area contributed by atoms with Gasteiger partial charge >= 0.3 is 0 Å². The molecular weight excluding hydrogens is 275 g/mol. The van der Waals surface area contributed by atoms with Crippen LogP contribution in [0.5, 0.6) is 5.75 Å². The van der Waals surface area contributed by atoms with Crippen molar-refractivity contribution in [2.45, 2.75) is 44.9 Å². The Hall–Kier alpha value is -0.760. The summed E-state index contributed by atoms with van der Waals surface area (Å²) in [6.07, 6.45) is 4.31. The number of benzene rings is 1. The third-order valence-corrected chi connectivity index (χ3v) is 5.16. The topological polar surface area (TPSA) is 9.23 Å². The van der Waals surface area contributed by atoms with Gasteiger partial charge in [0, 0.05) is 5.38 Å². The highest BCUT2D eigenvalue weighted by molar-refractivity contribution is 6.20. The molecule has 0 amide bonds. The first kappa shape index (κ1) is 15.6. The van der Waals surface area contributed by atoms with E-state index in [2.05, 4.69) is 13.8 Å². The van der Waals surface area contributed by atoms with Gasteiger partial charge in [0.25, 0.3) is 0 Å². The van der Waals surface area contributed by atoms with E-state index in [4.69, 9.17) is 16.3 Å². The van der Waals surface area contributed by atoms with E-state index in [1.807, 2.05) is 6.07 Å². The van der Waals surface area contributed by atoms with Gasteiger partial charge in [0.05, 0.1) is 7.11 Å². The van der Waals surface area contributed by atoms with Crippen molar-refractivity contribution in [1.29, 1.82) is 0 Å². The Bertz CT molecular complexity index is 447. The van der Waals surface area contributed by atoms with E-state index >= 15 is 0 Å². The summed E-state index contributed by atoms with van der Waals surface area (Å²) in [6, 6.07) is 5.24. The summed E-state index contributed by atoms with van der Waals surface area (Å²) in [5.74, 6) is 1.92. The van der Waals surface area contributed by atoms with Gasteiger partial charge in [-0.25, -0.2) is 4.39 Å². The molecule has 0 saturated heterocycles. The van der Waals surface area contributed by atoms with Crippen molar-refractivity contribution in [3.8, 4) is 5.75 Å². The third kappa shape index (κ3) is 3.66. The fourth-order valence-electron chi connectivity index (χ4n) is 3.22. The molecule has 0 radical (unpaired) electrons. The van der Waals surface area contributed by atoms with Crippen LogP contribution in [-0.2, 0) is 6.42 Å². The third-order valence-electron chi connectivity index (χ3n) is 4.59. The summed E-state index contributed by atoms with van der Waals surface area (Å²) >= 11 is 6.48. The molecule has 3 atom stereocenters. The Balaban J connectivity index is 2.05. The molecule has 3 heteroatoms. The molecule has 1 aliphatic rings. The summed E-state index contributed by atoms with van der Waals surface area (Å²) in [6.45, 7) is 4.56. The molecule has 3 unspecified atom stereocenters. The molecule has 1 aliphatic carbocycles. The summed E-state index contributed by atoms with van der Waals surface area (Å²) in [7, 11) is 1.49. The van der Waals surface area contributed by atoms with Crippen LogP contribution in [0.25, 0.3) is 0 Å². The van der Waals surface area contributed by atoms with Crippen LogP contribution in [0.4, 0.5) is 4.39 Å². The minimum Gasteiger partial charge on any atom is -0.494 e. The average Bonchev–Trinajstić information content (AvgIpc) is 2.41. The van der Waals surface area contributed by atoms with E-state index in [-0.39, 0.29) is 11.2 Å².